The van der Waals surface area contributed by atoms with Crippen LogP contribution in [0.1, 0.15) is 12.7 Å². The standard InChI is InChI=1S/C48H33N5/c1-2-43-51-47-42(53(43)36-15-7-4-8-16-36)30-29-38-37-17-9-11-19-40(37)49-46(44(38)47)34-25-27-35(28-26-34)48-50-41-20-12-10-18-39(41)45(52-48)33-23-21-32(22-24-33)31-13-5-3-6-14-31/h3-30H,2H2,1H3. The lowest BCUT2D eigenvalue weighted by atomic mass is 9.98. The van der Waals surface area contributed by atoms with E-state index in [2.05, 4.69) is 163 Å². The Kier molecular flexibility index (Phi) is 7.36. The second-order valence-corrected chi connectivity index (χ2v) is 13.3. The predicted octanol–water partition coefficient (Wildman–Crippen LogP) is 11.9. The number of imidazole rings is 1. The minimum Gasteiger partial charge on any atom is -0.296 e. The van der Waals surface area contributed by atoms with Gasteiger partial charge in [-0.15, -0.1) is 0 Å². The van der Waals surface area contributed by atoms with E-state index in [1.807, 2.05) is 18.2 Å². The summed E-state index contributed by atoms with van der Waals surface area (Å²) in [6, 6.07) is 59.2. The fraction of sp³-hybridized carbons (Fsp3) is 0.0417. The third-order valence-corrected chi connectivity index (χ3v) is 10.2. The fourth-order valence-corrected chi connectivity index (χ4v) is 7.60. The van der Waals surface area contributed by atoms with Crippen molar-refractivity contribution in [2.45, 2.75) is 13.3 Å². The number of aryl methyl sites for hydroxylation is 1. The monoisotopic (exact) mass is 679 g/mol. The Balaban J connectivity index is 1.12. The van der Waals surface area contributed by atoms with Crippen molar-refractivity contribution in [2.24, 2.45) is 0 Å². The lowest BCUT2D eigenvalue weighted by Gasteiger charge is -2.13. The minimum absolute atomic E-state index is 0.685. The van der Waals surface area contributed by atoms with Gasteiger partial charge in [-0.3, -0.25) is 4.57 Å². The van der Waals surface area contributed by atoms with E-state index in [-0.39, 0.29) is 0 Å². The zero-order valence-corrected chi connectivity index (χ0v) is 29.1. The molecule has 0 saturated heterocycles. The summed E-state index contributed by atoms with van der Waals surface area (Å²) in [5.74, 6) is 1.71. The molecule has 0 atom stereocenters. The Labute approximate surface area is 306 Å². The normalized spacial score (nSPS) is 11.6. The smallest absolute Gasteiger partial charge is 0.160 e. The van der Waals surface area contributed by atoms with Gasteiger partial charge in [0.15, 0.2) is 5.82 Å². The van der Waals surface area contributed by atoms with Crippen LogP contribution in [0, 0.1) is 0 Å². The first-order chi connectivity index (χ1) is 26.2. The van der Waals surface area contributed by atoms with Crippen LogP contribution in [0.2, 0.25) is 0 Å². The molecule has 0 saturated carbocycles. The van der Waals surface area contributed by atoms with E-state index in [9.17, 15) is 0 Å². The van der Waals surface area contributed by atoms with Gasteiger partial charge in [-0.2, -0.15) is 0 Å². The molecule has 0 N–H and O–H groups in total. The van der Waals surface area contributed by atoms with Crippen molar-refractivity contribution >= 4 is 43.6 Å². The van der Waals surface area contributed by atoms with Crippen molar-refractivity contribution in [3.8, 4) is 50.7 Å². The number of hydrogen-bond acceptors (Lipinski definition) is 4. The molecule has 7 aromatic carbocycles. The number of fused-ring (bicyclic) bond motifs is 6. The lowest BCUT2D eigenvalue weighted by Crippen LogP contribution is -1.99. The molecule has 250 valence electrons. The predicted molar refractivity (Wildman–Crippen MR) is 218 cm³/mol. The highest BCUT2D eigenvalue weighted by atomic mass is 15.1. The Bertz CT molecular complexity index is 2950. The number of nitrogens with zero attached hydrogens (tertiary/aromatic N) is 5. The van der Waals surface area contributed by atoms with Crippen molar-refractivity contribution < 1.29 is 0 Å². The maximum absolute atomic E-state index is 5.31. The number of hydrogen-bond donors (Lipinski definition) is 0. The highest BCUT2D eigenvalue weighted by Gasteiger charge is 2.20. The molecule has 0 aliphatic heterocycles. The highest BCUT2D eigenvalue weighted by molar-refractivity contribution is 6.20. The quantitative estimate of drug-likeness (QED) is 0.164. The first kappa shape index (κ1) is 30.8. The van der Waals surface area contributed by atoms with Crippen molar-refractivity contribution in [1.29, 1.82) is 0 Å². The van der Waals surface area contributed by atoms with E-state index in [0.717, 1.165) is 89.6 Å². The Morgan fingerprint density at radius 3 is 1.70 bits per heavy atom. The first-order valence-corrected chi connectivity index (χ1v) is 18.0. The Morgan fingerprint density at radius 2 is 0.981 bits per heavy atom. The van der Waals surface area contributed by atoms with Gasteiger partial charge in [0.05, 0.1) is 33.5 Å². The summed E-state index contributed by atoms with van der Waals surface area (Å²) >= 11 is 0. The average Bonchev–Trinajstić information content (AvgIpc) is 3.63. The Morgan fingerprint density at radius 1 is 0.415 bits per heavy atom. The van der Waals surface area contributed by atoms with Gasteiger partial charge in [0.2, 0.25) is 0 Å². The molecular formula is C48H33N5. The summed E-state index contributed by atoms with van der Waals surface area (Å²) in [5, 5.41) is 4.34. The van der Waals surface area contributed by atoms with Gasteiger partial charge in [0, 0.05) is 45.0 Å². The van der Waals surface area contributed by atoms with E-state index in [4.69, 9.17) is 19.9 Å². The van der Waals surface area contributed by atoms with Crippen LogP contribution in [0.15, 0.2) is 170 Å². The van der Waals surface area contributed by atoms with Gasteiger partial charge >= 0.3 is 0 Å². The zero-order valence-electron chi connectivity index (χ0n) is 29.1. The molecule has 53 heavy (non-hydrogen) atoms. The molecule has 0 aliphatic rings. The van der Waals surface area contributed by atoms with Crippen molar-refractivity contribution in [3.63, 3.8) is 0 Å². The van der Waals surface area contributed by atoms with Gasteiger partial charge in [0.25, 0.3) is 0 Å². The Hall–Kier alpha value is -6.98. The van der Waals surface area contributed by atoms with E-state index in [1.54, 1.807) is 0 Å². The van der Waals surface area contributed by atoms with Crippen LogP contribution in [0.5, 0.6) is 0 Å². The van der Waals surface area contributed by atoms with Gasteiger partial charge in [0.1, 0.15) is 5.82 Å². The highest BCUT2D eigenvalue weighted by Crippen LogP contribution is 2.39. The number of aromatic nitrogens is 5. The summed E-state index contributed by atoms with van der Waals surface area (Å²) < 4.78 is 2.28. The van der Waals surface area contributed by atoms with Crippen LogP contribution in [0.4, 0.5) is 0 Å². The number of rotatable bonds is 6. The van der Waals surface area contributed by atoms with E-state index in [1.165, 1.54) is 11.1 Å². The molecule has 0 unspecified atom stereocenters. The summed E-state index contributed by atoms with van der Waals surface area (Å²) in [6.07, 6.45) is 0.807. The van der Waals surface area contributed by atoms with Crippen LogP contribution in [0.25, 0.3) is 94.3 Å². The summed E-state index contributed by atoms with van der Waals surface area (Å²) in [7, 11) is 0. The largest absolute Gasteiger partial charge is 0.296 e. The third kappa shape index (κ3) is 5.25. The molecule has 10 rings (SSSR count). The van der Waals surface area contributed by atoms with Crippen LogP contribution >= 0.6 is 0 Å². The topological polar surface area (TPSA) is 56.5 Å². The number of para-hydroxylation sites is 3. The molecule has 0 spiro atoms. The molecule has 10 aromatic rings. The fourth-order valence-electron chi connectivity index (χ4n) is 7.60. The van der Waals surface area contributed by atoms with Crippen molar-refractivity contribution in [3.05, 3.63) is 176 Å². The molecule has 5 heteroatoms. The van der Waals surface area contributed by atoms with Crippen LogP contribution in [-0.4, -0.2) is 24.5 Å². The third-order valence-electron chi connectivity index (χ3n) is 10.2. The van der Waals surface area contributed by atoms with Crippen molar-refractivity contribution in [1.82, 2.24) is 24.5 Å². The van der Waals surface area contributed by atoms with E-state index < -0.39 is 0 Å². The first-order valence-electron chi connectivity index (χ1n) is 18.0. The molecule has 3 aromatic heterocycles. The summed E-state index contributed by atoms with van der Waals surface area (Å²) in [6.45, 7) is 2.16. The second-order valence-electron chi connectivity index (χ2n) is 13.3. The molecule has 3 heterocycles. The number of benzene rings is 7. The van der Waals surface area contributed by atoms with Crippen LogP contribution < -0.4 is 0 Å². The van der Waals surface area contributed by atoms with Crippen molar-refractivity contribution in [2.75, 3.05) is 0 Å². The van der Waals surface area contributed by atoms with Gasteiger partial charge in [-0.05, 0) is 46.8 Å². The van der Waals surface area contributed by atoms with Crippen LogP contribution in [0.3, 0.4) is 0 Å². The lowest BCUT2D eigenvalue weighted by molar-refractivity contribution is 0.908. The second kappa shape index (κ2) is 12.7. The maximum Gasteiger partial charge on any atom is 0.160 e. The maximum atomic E-state index is 5.31. The molecule has 0 bridgehead atoms. The summed E-state index contributed by atoms with van der Waals surface area (Å²) in [4.78, 5) is 20.8. The summed E-state index contributed by atoms with van der Waals surface area (Å²) in [5.41, 5.74) is 12.2. The van der Waals surface area contributed by atoms with E-state index in [0.29, 0.717) is 5.82 Å². The SMILES string of the molecule is CCc1nc2c3c(-c4ccc(-c5nc(-c6ccc(-c7ccccc7)cc6)c6ccccc6n5)cc4)nc4ccccc4c3ccc2n1-c1ccccc1. The van der Waals surface area contributed by atoms with Gasteiger partial charge in [-0.1, -0.05) is 146 Å². The minimum atomic E-state index is 0.685. The van der Waals surface area contributed by atoms with E-state index >= 15 is 0 Å². The molecular weight excluding hydrogens is 647 g/mol. The van der Waals surface area contributed by atoms with Gasteiger partial charge in [-0.25, -0.2) is 19.9 Å². The molecule has 0 aliphatic carbocycles. The number of pyridine rings is 1. The molecule has 0 fully saturated rings. The molecule has 0 amide bonds. The van der Waals surface area contributed by atoms with Crippen LogP contribution in [-0.2, 0) is 6.42 Å². The molecule has 0 radical (unpaired) electrons. The zero-order chi connectivity index (χ0) is 35.3. The average molecular weight is 680 g/mol. The molecule has 5 nitrogen and oxygen atoms in total. The van der Waals surface area contributed by atoms with Gasteiger partial charge < -0.3 is 0 Å².